The molecule has 0 bridgehead atoms. The van der Waals surface area contributed by atoms with Crippen molar-refractivity contribution < 1.29 is 9.53 Å². The molecule has 0 saturated carbocycles. The second-order valence-corrected chi connectivity index (χ2v) is 5.08. The van der Waals surface area contributed by atoms with Crippen LogP contribution >= 0.6 is 0 Å². The summed E-state index contributed by atoms with van der Waals surface area (Å²) in [6.45, 7) is 4.98. The molecule has 1 heterocycles. The molecule has 4 heteroatoms. The standard InChI is InChI=1S/C17H22N2O2/c1-3-15(4-2)17(20)21-13-16-18-10-11-19(16)12-14-8-6-5-7-9-14/h5-11,15H,3-4,12-13H2,1-2H3. The molecular formula is C17H22N2O2. The Morgan fingerprint density at radius 1 is 1.24 bits per heavy atom. The molecule has 0 aliphatic rings. The number of aromatic nitrogens is 2. The van der Waals surface area contributed by atoms with Gasteiger partial charge < -0.3 is 9.30 Å². The van der Waals surface area contributed by atoms with Gasteiger partial charge in [-0.2, -0.15) is 0 Å². The van der Waals surface area contributed by atoms with E-state index in [4.69, 9.17) is 4.74 Å². The topological polar surface area (TPSA) is 44.1 Å². The third-order valence-electron chi connectivity index (χ3n) is 3.66. The SMILES string of the molecule is CCC(CC)C(=O)OCc1nccn1Cc1ccccc1. The van der Waals surface area contributed by atoms with Crippen molar-refractivity contribution in [1.29, 1.82) is 0 Å². The van der Waals surface area contributed by atoms with Crippen LogP contribution in [0.25, 0.3) is 0 Å². The van der Waals surface area contributed by atoms with E-state index in [2.05, 4.69) is 17.1 Å². The molecule has 2 aromatic rings. The lowest BCUT2D eigenvalue weighted by molar-refractivity contribution is -0.150. The third-order valence-corrected chi connectivity index (χ3v) is 3.66. The maximum Gasteiger partial charge on any atom is 0.309 e. The average Bonchev–Trinajstić information content (AvgIpc) is 2.94. The summed E-state index contributed by atoms with van der Waals surface area (Å²) in [7, 11) is 0. The molecule has 0 amide bonds. The summed E-state index contributed by atoms with van der Waals surface area (Å²) in [5, 5.41) is 0. The van der Waals surface area contributed by atoms with E-state index in [0.29, 0.717) is 0 Å². The maximum absolute atomic E-state index is 11.9. The molecule has 0 unspecified atom stereocenters. The van der Waals surface area contributed by atoms with E-state index in [9.17, 15) is 4.79 Å². The Balaban J connectivity index is 1.96. The molecule has 0 radical (unpaired) electrons. The highest BCUT2D eigenvalue weighted by atomic mass is 16.5. The summed E-state index contributed by atoms with van der Waals surface area (Å²) in [5.74, 6) is 0.634. The van der Waals surface area contributed by atoms with Crippen LogP contribution in [0.2, 0.25) is 0 Å². The fraction of sp³-hybridized carbons (Fsp3) is 0.412. The van der Waals surface area contributed by atoms with Crippen LogP contribution in [0.1, 0.15) is 38.1 Å². The average molecular weight is 286 g/mol. The van der Waals surface area contributed by atoms with Crippen molar-refractivity contribution in [2.45, 2.75) is 39.8 Å². The van der Waals surface area contributed by atoms with Crippen LogP contribution < -0.4 is 0 Å². The Kier molecular flexibility index (Phi) is 5.55. The summed E-state index contributed by atoms with van der Waals surface area (Å²) >= 11 is 0. The first-order valence-corrected chi connectivity index (χ1v) is 7.45. The lowest BCUT2D eigenvalue weighted by atomic mass is 10.0. The zero-order valence-electron chi connectivity index (χ0n) is 12.7. The van der Waals surface area contributed by atoms with Crippen LogP contribution in [-0.4, -0.2) is 15.5 Å². The monoisotopic (exact) mass is 286 g/mol. The molecule has 0 atom stereocenters. The summed E-state index contributed by atoms with van der Waals surface area (Å²) in [6.07, 6.45) is 5.28. The minimum atomic E-state index is -0.130. The lowest BCUT2D eigenvalue weighted by Crippen LogP contribution is -2.17. The van der Waals surface area contributed by atoms with Crippen molar-refractivity contribution >= 4 is 5.97 Å². The van der Waals surface area contributed by atoms with Gasteiger partial charge in [-0.05, 0) is 18.4 Å². The normalized spacial score (nSPS) is 10.8. The molecule has 0 N–H and O–H groups in total. The van der Waals surface area contributed by atoms with Crippen LogP contribution in [0.4, 0.5) is 0 Å². The van der Waals surface area contributed by atoms with Crippen LogP contribution in [0, 0.1) is 5.92 Å². The third kappa shape index (κ3) is 4.18. The Hall–Kier alpha value is -2.10. The summed E-state index contributed by atoms with van der Waals surface area (Å²) in [6, 6.07) is 10.2. The molecule has 0 fully saturated rings. The van der Waals surface area contributed by atoms with Crippen molar-refractivity contribution in [1.82, 2.24) is 9.55 Å². The highest BCUT2D eigenvalue weighted by Gasteiger charge is 2.16. The van der Waals surface area contributed by atoms with Crippen molar-refractivity contribution in [3.63, 3.8) is 0 Å². The van der Waals surface area contributed by atoms with Gasteiger partial charge in [0, 0.05) is 18.9 Å². The fourth-order valence-corrected chi connectivity index (χ4v) is 2.28. The molecule has 0 aliphatic heterocycles. The van der Waals surface area contributed by atoms with Gasteiger partial charge in [-0.15, -0.1) is 0 Å². The second-order valence-electron chi connectivity index (χ2n) is 5.08. The number of hydrogen-bond acceptors (Lipinski definition) is 3. The maximum atomic E-state index is 11.9. The van der Waals surface area contributed by atoms with Crippen molar-refractivity contribution in [2.75, 3.05) is 0 Å². The van der Waals surface area contributed by atoms with Crippen LogP contribution in [0.5, 0.6) is 0 Å². The molecule has 21 heavy (non-hydrogen) atoms. The largest absolute Gasteiger partial charge is 0.457 e. The Morgan fingerprint density at radius 2 is 1.95 bits per heavy atom. The molecule has 2 rings (SSSR count). The van der Waals surface area contributed by atoms with Gasteiger partial charge in [-0.25, -0.2) is 4.98 Å². The fourth-order valence-electron chi connectivity index (χ4n) is 2.28. The van der Waals surface area contributed by atoms with Gasteiger partial charge in [0.1, 0.15) is 12.4 Å². The van der Waals surface area contributed by atoms with Gasteiger partial charge in [0.25, 0.3) is 0 Å². The Morgan fingerprint density at radius 3 is 2.62 bits per heavy atom. The Bertz CT molecular complexity index is 559. The number of nitrogens with zero attached hydrogens (tertiary/aromatic N) is 2. The number of carbonyl (C=O) groups excluding carboxylic acids is 1. The van der Waals surface area contributed by atoms with Gasteiger partial charge in [0.15, 0.2) is 0 Å². The quantitative estimate of drug-likeness (QED) is 0.733. The predicted molar refractivity (Wildman–Crippen MR) is 81.6 cm³/mol. The van der Waals surface area contributed by atoms with E-state index in [0.717, 1.165) is 25.2 Å². The van der Waals surface area contributed by atoms with E-state index in [1.54, 1.807) is 6.20 Å². The number of carbonyl (C=O) groups is 1. The van der Waals surface area contributed by atoms with Crippen LogP contribution in [-0.2, 0) is 22.7 Å². The van der Waals surface area contributed by atoms with E-state index in [1.165, 1.54) is 5.56 Å². The van der Waals surface area contributed by atoms with Gasteiger partial charge in [0.05, 0.1) is 5.92 Å². The van der Waals surface area contributed by atoms with Gasteiger partial charge in [0.2, 0.25) is 0 Å². The summed E-state index contributed by atoms with van der Waals surface area (Å²) in [4.78, 5) is 16.2. The molecule has 0 aliphatic carbocycles. The first-order chi connectivity index (χ1) is 10.2. The molecule has 1 aromatic carbocycles. The molecule has 0 saturated heterocycles. The van der Waals surface area contributed by atoms with Crippen molar-refractivity contribution in [2.24, 2.45) is 5.92 Å². The number of benzene rings is 1. The molecule has 112 valence electrons. The highest BCUT2D eigenvalue weighted by Crippen LogP contribution is 2.12. The second kappa shape index (κ2) is 7.62. The summed E-state index contributed by atoms with van der Waals surface area (Å²) in [5.41, 5.74) is 1.20. The zero-order valence-corrected chi connectivity index (χ0v) is 12.7. The molecule has 1 aromatic heterocycles. The van der Waals surface area contributed by atoms with Crippen molar-refractivity contribution in [3.05, 3.63) is 54.1 Å². The molecule has 4 nitrogen and oxygen atoms in total. The highest BCUT2D eigenvalue weighted by molar-refractivity contribution is 5.72. The van der Waals surface area contributed by atoms with Gasteiger partial charge >= 0.3 is 5.97 Å². The van der Waals surface area contributed by atoms with Crippen LogP contribution in [0.3, 0.4) is 0 Å². The molecular weight excluding hydrogens is 264 g/mol. The van der Waals surface area contributed by atoms with Crippen molar-refractivity contribution in [3.8, 4) is 0 Å². The van der Waals surface area contributed by atoms with E-state index >= 15 is 0 Å². The number of hydrogen-bond donors (Lipinski definition) is 0. The summed E-state index contributed by atoms with van der Waals surface area (Å²) < 4.78 is 7.40. The predicted octanol–water partition coefficient (Wildman–Crippen LogP) is 3.41. The van der Waals surface area contributed by atoms with Crippen LogP contribution in [0.15, 0.2) is 42.7 Å². The number of esters is 1. The Labute approximate surface area is 125 Å². The first kappa shape index (κ1) is 15.3. The minimum Gasteiger partial charge on any atom is -0.457 e. The van der Waals surface area contributed by atoms with Gasteiger partial charge in [-0.1, -0.05) is 44.2 Å². The zero-order chi connectivity index (χ0) is 15.1. The van der Waals surface area contributed by atoms with E-state index in [-0.39, 0.29) is 18.5 Å². The van der Waals surface area contributed by atoms with Gasteiger partial charge in [-0.3, -0.25) is 4.79 Å². The number of imidazole rings is 1. The minimum absolute atomic E-state index is 0.0115. The lowest BCUT2D eigenvalue weighted by Gasteiger charge is -2.13. The first-order valence-electron chi connectivity index (χ1n) is 7.45. The number of ether oxygens (including phenoxy) is 1. The smallest absolute Gasteiger partial charge is 0.309 e. The van der Waals surface area contributed by atoms with E-state index < -0.39 is 0 Å². The van der Waals surface area contributed by atoms with E-state index in [1.807, 2.05) is 42.8 Å². The molecule has 0 spiro atoms. The number of rotatable bonds is 7.